The average molecular weight is 552 g/mol. The number of hydrogen-bond acceptors (Lipinski definition) is 8. The third-order valence-electron chi connectivity index (χ3n) is 5.51. The summed E-state index contributed by atoms with van der Waals surface area (Å²) >= 11 is 0. The van der Waals surface area contributed by atoms with Crippen molar-refractivity contribution in [1.29, 1.82) is 0 Å². The van der Waals surface area contributed by atoms with Gasteiger partial charge in [-0.2, -0.15) is 9.35 Å². The van der Waals surface area contributed by atoms with Crippen molar-refractivity contribution in [2.24, 2.45) is 4.36 Å². The van der Waals surface area contributed by atoms with Gasteiger partial charge in [0.2, 0.25) is 5.95 Å². The maximum Gasteiger partial charge on any atom is 0.407 e. The van der Waals surface area contributed by atoms with Crippen molar-refractivity contribution in [1.82, 2.24) is 24.2 Å². The van der Waals surface area contributed by atoms with Crippen molar-refractivity contribution in [2.75, 3.05) is 38.0 Å². The fraction of sp³-hybridized carbons (Fsp3) is 0.231. The van der Waals surface area contributed by atoms with Crippen molar-refractivity contribution in [3.63, 3.8) is 0 Å². The van der Waals surface area contributed by atoms with Crippen LogP contribution in [0.15, 0.2) is 76.5 Å². The number of carboxylic acid groups (broad SMARTS) is 1. The molecule has 2 heterocycles. The van der Waals surface area contributed by atoms with Crippen molar-refractivity contribution < 1.29 is 18.8 Å². The molecule has 0 spiro atoms. The second-order valence-corrected chi connectivity index (χ2v) is 11.5. The van der Waals surface area contributed by atoms with Crippen LogP contribution in [0.25, 0.3) is 16.7 Å². The minimum absolute atomic E-state index is 0.219. The Hall–Kier alpha value is -4.65. The van der Waals surface area contributed by atoms with Crippen LogP contribution in [0.5, 0.6) is 5.75 Å². The zero-order valence-electron chi connectivity index (χ0n) is 21.8. The Morgan fingerprint density at radius 3 is 2.67 bits per heavy atom. The average Bonchev–Trinajstić information content (AvgIpc) is 3.15. The highest BCUT2D eigenvalue weighted by Crippen LogP contribution is 2.23. The van der Waals surface area contributed by atoms with Gasteiger partial charge in [0.1, 0.15) is 17.7 Å². The van der Waals surface area contributed by atoms with Crippen LogP contribution in [0.2, 0.25) is 0 Å². The number of carbonyl (C=O) groups is 1. The zero-order chi connectivity index (χ0) is 28.2. The highest BCUT2D eigenvalue weighted by molar-refractivity contribution is 7.92. The van der Waals surface area contributed by atoms with Crippen molar-refractivity contribution in [3.8, 4) is 11.4 Å². The highest BCUT2D eigenvalue weighted by atomic mass is 32.2. The summed E-state index contributed by atoms with van der Waals surface area (Å²) in [7, 11) is -0.907. The Balaban J connectivity index is 1.64. The third-order valence-corrected chi connectivity index (χ3v) is 6.16. The quantitative estimate of drug-likeness (QED) is 0.283. The molecule has 2 N–H and O–H groups in total. The van der Waals surface area contributed by atoms with E-state index in [1.54, 1.807) is 65.7 Å². The third kappa shape index (κ3) is 6.62. The fourth-order valence-electron chi connectivity index (χ4n) is 3.73. The lowest BCUT2D eigenvalue weighted by atomic mass is 10.3. The molecule has 0 saturated heterocycles. The van der Waals surface area contributed by atoms with Gasteiger partial charge in [0, 0.05) is 41.2 Å². The van der Waals surface area contributed by atoms with Gasteiger partial charge in [-0.15, -0.1) is 6.58 Å². The molecule has 2 aromatic carbocycles. The van der Waals surface area contributed by atoms with Crippen LogP contribution in [-0.4, -0.2) is 72.4 Å². The molecular formula is C26H29N7O5S. The number of nitrogens with zero attached hydrogens (tertiary/aromatic N) is 6. The minimum atomic E-state index is -2.38. The van der Waals surface area contributed by atoms with E-state index in [9.17, 15) is 13.8 Å². The molecule has 0 unspecified atom stereocenters. The van der Waals surface area contributed by atoms with E-state index < -0.39 is 15.8 Å². The minimum Gasteiger partial charge on any atom is -0.492 e. The number of benzene rings is 2. The van der Waals surface area contributed by atoms with Gasteiger partial charge in [0.05, 0.1) is 24.5 Å². The summed E-state index contributed by atoms with van der Waals surface area (Å²) in [6.45, 7) is 4.46. The predicted molar refractivity (Wildman–Crippen MR) is 151 cm³/mol. The molecule has 4 aromatic rings. The molecule has 2 aromatic heterocycles. The summed E-state index contributed by atoms with van der Waals surface area (Å²) in [6.07, 6.45) is 5.18. The van der Waals surface area contributed by atoms with E-state index in [1.165, 1.54) is 17.9 Å². The van der Waals surface area contributed by atoms with E-state index in [0.29, 0.717) is 33.8 Å². The number of rotatable bonds is 10. The van der Waals surface area contributed by atoms with Crippen LogP contribution >= 0.6 is 0 Å². The van der Waals surface area contributed by atoms with Gasteiger partial charge in [-0.1, -0.05) is 12.1 Å². The maximum absolute atomic E-state index is 13.2. The first-order valence-electron chi connectivity index (χ1n) is 11.9. The molecule has 204 valence electrons. The van der Waals surface area contributed by atoms with E-state index in [-0.39, 0.29) is 31.2 Å². The Labute approximate surface area is 225 Å². The van der Waals surface area contributed by atoms with Gasteiger partial charge in [-0.3, -0.25) is 4.79 Å². The van der Waals surface area contributed by atoms with Crippen LogP contribution in [0.4, 0.5) is 22.1 Å². The molecule has 1 amide bonds. The van der Waals surface area contributed by atoms with Crippen molar-refractivity contribution in [2.45, 2.75) is 6.54 Å². The molecule has 12 nitrogen and oxygen atoms in total. The number of likely N-dealkylation sites (N-methyl/N-ethyl adjacent to an activating group) is 1. The largest absolute Gasteiger partial charge is 0.492 e. The molecule has 0 atom stereocenters. The van der Waals surface area contributed by atoms with Crippen LogP contribution in [-0.2, 0) is 16.3 Å². The molecule has 0 fully saturated rings. The van der Waals surface area contributed by atoms with Crippen LogP contribution in [0.1, 0.15) is 0 Å². The summed E-state index contributed by atoms with van der Waals surface area (Å²) in [5.41, 5.74) is 1.93. The van der Waals surface area contributed by atoms with E-state index in [2.05, 4.69) is 26.2 Å². The Kier molecular flexibility index (Phi) is 8.00. The number of amides is 1. The van der Waals surface area contributed by atoms with Crippen LogP contribution in [0.3, 0.4) is 0 Å². The summed E-state index contributed by atoms with van der Waals surface area (Å²) in [4.78, 5) is 34.1. The Morgan fingerprint density at radius 1 is 1.26 bits per heavy atom. The Morgan fingerprint density at radius 2 is 2.00 bits per heavy atom. The van der Waals surface area contributed by atoms with Gasteiger partial charge in [-0.05, 0) is 42.5 Å². The number of ether oxygens (including phenoxy) is 1. The Bertz CT molecular complexity index is 1690. The van der Waals surface area contributed by atoms with Crippen molar-refractivity contribution >= 4 is 44.2 Å². The summed E-state index contributed by atoms with van der Waals surface area (Å²) in [6, 6.07) is 14.1. The second-order valence-electron chi connectivity index (χ2n) is 8.91. The van der Waals surface area contributed by atoms with Crippen molar-refractivity contribution in [3.05, 3.63) is 77.7 Å². The second kappa shape index (κ2) is 11.4. The SMILES string of the molecule is C=CCn1c(=O)c2cnc(Nc3ccc(OCCN(C)C(=O)O)cc3)nc2n1-c1cccc(N=S(C)(C)=O)c1. The molecule has 39 heavy (non-hydrogen) atoms. The van der Waals surface area contributed by atoms with E-state index in [4.69, 9.17) is 9.84 Å². The lowest BCUT2D eigenvalue weighted by Crippen LogP contribution is -2.29. The first kappa shape index (κ1) is 27.4. The van der Waals surface area contributed by atoms with Gasteiger partial charge in [-0.25, -0.2) is 23.4 Å². The molecule has 0 aliphatic carbocycles. The standard InChI is InChI=1S/C26H29N7O5S/c1-5-13-32-24(34)22-17-27-25(28-18-9-11-21(12-10-18)38-15-14-31(2)26(35)36)29-23(22)33(32)20-8-6-7-19(16-20)30-39(3,4)37/h5-12,16-17H,1,13-15H2,2-4H3,(H,35,36)(H,27,28,29). The molecule has 13 heteroatoms. The number of nitrogens with one attached hydrogen (secondary N) is 1. The molecule has 0 radical (unpaired) electrons. The molecule has 0 aliphatic rings. The zero-order valence-corrected chi connectivity index (χ0v) is 22.6. The molecule has 0 bridgehead atoms. The normalized spacial score (nSPS) is 11.3. The number of anilines is 2. The highest BCUT2D eigenvalue weighted by Gasteiger charge is 2.17. The van der Waals surface area contributed by atoms with E-state index >= 15 is 0 Å². The van der Waals surface area contributed by atoms with Crippen LogP contribution < -0.4 is 15.6 Å². The molecule has 4 rings (SSSR count). The molecular weight excluding hydrogens is 522 g/mol. The first-order chi connectivity index (χ1) is 18.6. The van der Waals surface area contributed by atoms with Gasteiger partial charge in [0.15, 0.2) is 5.65 Å². The van der Waals surface area contributed by atoms with Gasteiger partial charge >= 0.3 is 6.09 Å². The van der Waals surface area contributed by atoms with Crippen LogP contribution in [0, 0.1) is 0 Å². The van der Waals surface area contributed by atoms with E-state index in [0.717, 1.165) is 4.90 Å². The number of fused-ring (bicyclic) bond motifs is 1. The summed E-state index contributed by atoms with van der Waals surface area (Å²) in [5.74, 6) is 0.856. The fourth-order valence-corrected chi connectivity index (χ4v) is 4.35. The topological polar surface area (TPSA) is 144 Å². The van der Waals surface area contributed by atoms with E-state index in [1.807, 2.05) is 6.07 Å². The first-order valence-corrected chi connectivity index (χ1v) is 14.2. The number of hydrogen-bond donors (Lipinski definition) is 2. The lowest BCUT2D eigenvalue weighted by molar-refractivity contribution is 0.147. The summed E-state index contributed by atoms with van der Waals surface area (Å²) in [5, 5.41) is 12.4. The van der Waals surface area contributed by atoms with Gasteiger partial charge < -0.3 is 20.1 Å². The van der Waals surface area contributed by atoms with Gasteiger partial charge in [0.25, 0.3) is 5.56 Å². The number of aromatic nitrogens is 4. The molecule has 0 saturated carbocycles. The molecule has 0 aliphatic heterocycles. The smallest absolute Gasteiger partial charge is 0.407 e. The maximum atomic E-state index is 13.2. The predicted octanol–water partition coefficient (Wildman–Crippen LogP) is 3.86. The number of allylic oxidation sites excluding steroid dienone is 1. The monoisotopic (exact) mass is 551 g/mol. The summed E-state index contributed by atoms with van der Waals surface area (Å²) < 4.78 is 25.3. The lowest BCUT2D eigenvalue weighted by Gasteiger charge is -2.13.